The lowest BCUT2D eigenvalue weighted by Gasteiger charge is -2.27. The monoisotopic (exact) mass is 305 g/mol. The number of carbonyl (C=O) groups is 1. The first kappa shape index (κ1) is 13.9. The fourth-order valence-corrected chi connectivity index (χ4v) is 3.18. The summed E-state index contributed by atoms with van der Waals surface area (Å²) in [4.78, 5) is 17.9. The number of hydrogen-bond donors (Lipinski definition) is 2. The summed E-state index contributed by atoms with van der Waals surface area (Å²) in [6.07, 6.45) is 0.866. The molecule has 0 unspecified atom stereocenters. The van der Waals surface area contributed by atoms with Gasteiger partial charge in [-0.1, -0.05) is 35.9 Å². The van der Waals surface area contributed by atoms with E-state index in [2.05, 4.69) is 22.4 Å². The Kier molecular flexibility index (Phi) is 3.30. The van der Waals surface area contributed by atoms with E-state index >= 15 is 0 Å². The van der Waals surface area contributed by atoms with Gasteiger partial charge in [0.25, 0.3) is 0 Å². The Morgan fingerprint density at radius 3 is 2.74 bits per heavy atom. The van der Waals surface area contributed by atoms with Crippen LogP contribution in [-0.2, 0) is 13.0 Å². The van der Waals surface area contributed by atoms with Gasteiger partial charge >= 0.3 is 6.03 Å². The summed E-state index contributed by atoms with van der Waals surface area (Å²) < 4.78 is 0. The molecule has 116 valence electrons. The number of anilines is 1. The average molecular weight is 305 g/mol. The van der Waals surface area contributed by atoms with E-state index in [-0.39, 0.29) is 6.03 Å². The van der Waals surface area contributed by atoms with Crippen molar-refractivity contribution in [2.24, 2.45) is 0 Å². The summed E-state index contributed by atoms with van der Waals surface area (Å²) in [5.74, 6) is 0. The highest BCUT2D eigenvalue weighted by Crippen LogP contribution is 2.27. The second-order valence-corrected chi connectivity index (χ2v) is 6.10. The summed E-state index contributed by atoms with van der Waals surface area (Å²) in [7, 11) is 0. The molecule has 4 heteroatoms. The summed E-state index contributed by atoms with van der Waals surface area (Å²) in [5, 5.41) is 4.20. The third-order valence-corrected chi connectivity index (χ3v) is 4.47. The van der Waals surface area contributed by atoms with Crippen LogP contribution in [0.3, 0.4) is 0 Å². The molecule has 4 rings (SSSR count). The average Bonchev–Trinajstić information content (AvgIpc) is 2.94. The molecule has 0 bridgehead atoms. The molecule has 2 N–H and O–H groups in total. The van der Waals surface area contributed by atoms with Crippen LogP contribution in [0.5, 0.6) is 0 Å². The Morgan fingerprint density at radius 1 is 1.13 bits per heavy atom. The van der Waals surface area contributed by atoms with Crippen molar-refractivity contribution in [3.8, 4) is 0 Å². The highest BCUT2D eigenvalue weighted by Gasteiger charge is 2.23. The first-order chi connectivity index (χ1) is 11.2. The van der Waals surface area contributed by atoms with E-state index < -0.39 is 0 Å². The molecule has 2 aromatic carbocycles. The highest BCUT2D eigenvalue weighted by molar-refractivity contribution is 5.91. The fourth-order valence-electron chi connectivity index (χ4n) is 3.18. The van der Waals surface area contributed by atoms with E-state index in [9.17, 15) is 4.79 Å². The second-order valence-electron chi connectivity index (χ2n) is 6.10. The van der Waals surface area contributed by atoms with Gasteiger partial charge in [0, 0.05) is 47.4 Å². The number of aromatic amines is 1. The molecule has 1 aromatic heterocycles. The van der Waals surface area contributed by atoms with E-state index in [4.69, 9.17) is 0 Å². The number of benzene rings is 2. The van der Waals surface area contributed by atoms with Crippen LogP contribution in [0.25, 0.3) is 10.9 Å². The molecule has 0 atom stereocenters. The van der Waals surface area contributed by atoms with Gasteiger partial charge in [0.1, 0.15) is 0 Å². The number of amides is 2. The van der Waals surface area contributed by atoms with Gasteiger partial charge in [0.2, 0.25) is 0 Å². The van der Waals surface area contributed by atoms with E-state index in [1.807, 2.05) is 48.2 Å². The van der Waals surface area contributed by atoms with E-state index in [1.165, 1.54) is 22.2 Å². The van der Waals surface area contributed by atoms with Crippen LogP contribution < -0.4 is 5.32 Å². The number of carbonyl (C=O) groups excluding carboxylic acids is 1. The summed E-state index contributed by atoms with van der Waals surface area (Å²) in [6, 6.07) is 16.1. The van der Waals surface area contributed by atoms with Crippen molar-refractivity contribution in [3.63, 3.8) is 0 Å². The van der Waals surface area contributed by atoms with Gasteiger partial charge in [-0.3, -0.25) is 0 Å². The van der Waals surface area contributed by atoms with Gasteiger partial charge in [-0.15, -0.1) is 0 Å². The molecule has 1 aliphatic rings. The largest absolute Gasteiger partial charge is 0.358 e. The number of H-pyrrole nitrogens is 1. The van der Waals surface area contributed by atoms with Crippen LogP contribution in [0.4, 0.5) is 10.5 Å². The standard InChI is InChI=1S/C19H19N3O/c1-13-6-8-14(9-7-13)20-19(23)22-11-10-18-16(12-22)15-4-2-3-5-17(15)21-18/h2-9,21H,10-12H2,1H3,(H,20,23). The lowest BCUT2D eigenvalue weighted by atomic mass is 10.0. The lowest BCUT2D eigenvalue weighted by Crippen LogP contribution is -2.38. The predicted octanol–water partition coefficient (Wildman–Crippen LogP) is 4.07. The quantitative estimate of drug-likeness (QED) is 0.699. The lowest BCUT2D eigenvalue weighted by molar-refractivity contribution is 0.206. The first-order valence-electron chi connectivity index (χ1n) is 7.92. The van der Waals surface area contributed by atoms with Crippen molar-refractivity contribution in [1.82, 2.24) is 9.88 Å². The maximum absolute atomic E-state index is 12.5. The molecule has 0 fully saturated rings. The topological polar surface area (TPSA) is 48.1 Å². The van der Waals surface area contributed by atoms with Crippen LogP contribution in [0.15, 0.2) is 48.5 Å². The molecule has 0 radical (unpaired) electrons. The molecule has 23 heavy (non-hydrogen) atoms. The number of aromatic nitrogens is 1. The molecule has 2 heterocycles. The van der Waals surface area contributed by atoms with Gasteiger partial charge in [0.15, 0.2) is 0 Å². The van der Waals surface area contributed by atoms with Crippen molar-refractivity contribution >= 4 is 22.6 Å². The van der Waals surface area contributed by atoms with Crippen molar-refractivity contribution in [3.05, 3.63) is 65.4 Å². The van der Waals surface area contributed by atoms with Gasteiger partial charge in [-0.25, -0.2) is 4.79 Å². The Labute approximate surface area is 135 Å². The third kappa shape index (κ3) is 2.57. The smallest absolute Gasteiger partial charge is 0.322 e. The zero-order valence-corrected chi connectivity index (χ0v) is 13.1. The van der Waals surface area contributed by atoms with Gasteiger partial charge < -0.3 is 15.2 Å². The molecule has 4 nitrogen and oxygen atoms in total. The summed E-state index contributed by atoms with van der Waals surface area (Å²) in [6.45, 7) is 3.42. The maximum atomic E-state index is 12.5. The molecule has 0 spiro atoms. The highest BCUT2D eigenvalue weighted by atomic mass is 16.2. The van der Waals surface area contributed by atoms with E-state index in [0.717, 1.165) is 24.2 Å². The van der Waals surface area contributed by atoms with E-state index in [0.29, 0.717) is 6.54 Å². The molecular weight excluding hydrogens is 286 g/mol. The number of aryl methyl sites for hydroxylation is 1. The fraction of sp³-hybridized carbons (Fsp3) is 0.211. The minimum absolute atomic E-state index is 0.0372. The number of fused-ring (bicyclic) bond motifs is 3. The van der Waals surface area contributed by atoms with Crippen LogP contribution in [0.1, 0.15) is 16.8 Å². The Balaban J connectivity index is 1.55. The first-order valence-corrected chi connectivity index (χ1v) is 7.92. The molecule has 0 saturated carbocycles. The van der Waals surface area contributed by atoms with Crippen LogP contribution in [-0.4, -0.2) is 22.5 Å². The number of para-hydroxylation sites is 1. The molecule has 3 aromatic rings. The van der Waals surface area contributed by atoms with Crippen LogP contribution >= 0.6 is 0 Å². The zero-order chi connectivity index (χ0) is 15.8. The number of nitrogens with zero attached hydrogens (tertiary/aromatic N) is 1. The number of rotatable bonds is 1. The number of hydrogen-bond acceptors (Lipinski definition) is 1. The molecule has 0 aliphatic carbocycles. The third-order valence-electron chi connectivity index (χ3n) is 4.47. The summed E-state index contributed by atoms with van der Waals surface area (Å²) >= 11 is 0. The maximum Gasteiger partial charge on any atom is 0.322 e. The summed E-state index contributed by atoms with van der Waals surface area (Å²) in [5.41, 5.74) is 5.67. The zero-order valence-electron chi connectivity index (χ0n) is 13.1. The van der Waals surface area contributed by atoms with Crippen LogP contribution in [0.2, 0.25) is 0 Å². The molecule has 1 aliphatic heterocycles. The van der Waals surface area contributed by atoms with Crippen molar-refractivity contribution in [2.75, 3.05) is 11.9 Å². The van der Waals surface area contributed by atoms with E-state index in [1.54, 1.807) is 0 Å². The van der Waals surface area contributed by atoms with Gasteiger partial charge in [0.05, 0.1) is 0 Å². The Hall–Kier alpha value is -2.75. The molecule has 2 amide bonds. The number of urea groups is 1. The molecule has 0 saturated heterocycles. The molecular formula is C19H19N3O. The second kappa shape index (κ2) is 5.47. The minimum Gasteiger partial charge on any atom is -0.358 e. The SMILES string of the molecule is Cc1ccc(NC(=O)N2CCc3[nH]c4ccccc4c3C2)cc1. The predicted molar refractivity (Wildman–Crippen MR) is 92.6 cm³/mol. The van der Waals surface area contributed by atoms with Gasteiger partial charge in [-0.05, 0) is 25.1 Å². The number of nitrogens with one attached hydrogen (secondary N) is 2. The minimum atomic E-state index is -0.0372. The van der Waals surface area contributed by atoms with Crippen LogP contribution in [0, 0.1) is 6.92 Å². The van der Waals surface area contributed by atoms with Crippen molar-refractivity contribution < 1.29 is 4.79 Å². The van der Waals surface area contributed by atoms with Gasteiger partial charge in [-0.2, -0.15) is 0 Å². The Bertz CT molecular complexity index is 864. The van der Waals surface area contributed by atoms with Crippen molar-refractivity contribution in [1.29, 1.82) is 0 Å². The van der Waals surface area contributed by atoms with Crippen molar-refractivity contribution in [2.45, 2.75) is 19.9 Å². The normalized spacial score (nSPS) is 13.9. The Morgan fingerprint density at radius 2 is 1.91 bits per heavy atom.